The molecule has 2 heterocycles. The minimum atomic E-state index is -3.83. The van der Waals surface area contributed by atoms with Crippen molar-refractivity contribution in [3.8, 4) is 0 Å². The maximum atomic E-state index is 14.8. The predicted octanol–water partition coefficient (Wildman–Crippen LogP) is 5.14. The van der Waals surface area contributed by atoms with E-state index in [9.17, 15) is 22.4 Å². The molecule has 0 amide bonds. The van der Waals surface area contributed by atoms with Crippen molar-refractivity contribution in [3.05, 3.63) is 121 Å². The normalized spacial score (nSPS) is 12.5. The van der Waals surface area contributed by atoms with Crippen LogP contribution < -0.4 is 16.0 Å². The van der Waals surface area contributed by atoms with Gasteiger partial charge in [0.25, 0.3) is 15.6 Å². The fourth-order valence-corrected chi connectivity index (χ4v) is 6.38. The molecule has 0 bridgehead atoms. The van der Waals surface area contributed by atoms with Gasteiger partial charge in [0.2, 0.25) is 0 Å². The van der Waals surface area contributed by atoms with Gasteiger partial charge in [0.15, 0.2) is 5.65 Å². The summed E-state index contributed by atoms with van der Waals surface area (Å²) in [6, 6.07) is 18.4. The minimum Gasteiger partial charge on any atom is -0.336 e. The lowest BCUT2D eigenvalue weighted by Crippen LogP contribution is -2.30. The summed E-state index contributed by atoms with van der Waals surface area (Å²) in [7, 11) is -3.83. The maximum absolute atomic E-state index is 14.8. The van der Waals surface area contributed by atoms with E-state index in [1.54, 1.807) is 61.5 Å². The highest BCUT2D eigenvalue weighted by molar-refractivity contribution is 7.92. The van der Waals surface area contributed by atoms with E-state index >= 15 is 0 Å². The number of benzene rings is 3. The second kappa shape index (κ2) is 11.8. The molecule has 1 atom stereocenters. The van der Waals surface area contributed by atoms with Gasteiger partial charge in [0.1, 0.15) is 17.2 Å². The largest absolute Gasteiger partial charge is 0.336 e. The van der Waals surface area contributed by atoms with Crippen LogP contribution in [0.15, 0.2) is 81.2 Å². The lowest BCUT2D eigenvalue weighted by molar-refractivity contribution is 0.597. The number of sulfonamides is 1. The second-order valence-corrected chi connectivity index (χ2v) is 12.1. The third-order valence-electron chi connectivity index (χ3n) is 7.30. The van der Waals surface area contributed by atoms with Crippen molar-refractivity contribution in [3.63, 3.8) is 0 Å². The van der Waals surface area contributed by atoms with Crippen molar-refractivity contribution in [2.24, 2.45) is 0 Å². The van der Waals surface area contributed by atoms with Crippen molar-refractivity contribution < 1.29 is 12.8 Å². The number of H-pyrrole nitrogens is 2. The van der Waals surface area contributed by atoms with Crippen molar-refractivity contribution in [1.82, 2.24) is 19.5 Å². The molecule has 9 nitrogen and oxygen atoms in total. The molecule has 3 N–H and O–H groups in total. The van der Waals surface area contributed by atoms with Gasteiger partial charge in [-0.05, 0) is 73.2 Å². The summed E-state index contributed by atoms with van der Waals surface area (Å²) >= 11 is 0. The Morgan fingerprint density at radius 3 is 2.45 bits per heavy atom. The fourth-order valence-electron chi connectivity index (χ4n) is 4.99. The number of anilines is 1. The zero-order valence-electron chi connectivity index (χ0n) is 23.6. The Morgan fingerprint density at radius 1 is 1.00 bits per heavy atom. The van der Waals surface area contributed by atoms with Gasteiger partial charge in [0.05, 0.1) is 4.90 Å². The molecular formula is C31H32FN5O4S. The second-order valence-electron chi connectivity index (χ2n) is 10.4. The molecule has 1 unspecified atom stereocenters. The molecule has 0 aliphatic heterocycles. The molecule has 0 aliphatic carbocycles. The van der Waals surface area contributed by atoms with Gasteiger partial charge in [-0.25, -0.2) is 22.6 Å². The minimum absolute atomic E-state index is 0.164. The van der Waals surface area contributed by atoms with Crippen LogP contribution in [0.25, 0.3) is 11.2 Å². The highest BCUT2D eigenvalue weighted by Crippen LogP contribution is 2.30. The van der Waals surface area contributed by atoms with Crippen LogP contribution in [0.1, 0.15) is 53.8 Å². The predicted molar refractivity (Wildman–Crippen MR) is 161 cm³/mol. The fraction of sp³-hybridized carbons (Fsp3) is 0.258. The summed E-state index contributed by atoms with van der Waals surface area (Å²) in [4.78, 5) is 35.6. The summed E-state index contributed by atoms with van der Waals surface area (Å²) < 4.78 is 45.1. The molecule has 11 heteroatoms. The van der Waals surface area contributed by atoms with E-state index in [0.29, 0.717) is 34.7 Å². The first kappa shape index (κ1) is 29.0. The number of nitrogens with one attached hydrogen (secondary N) is 3. The van der Waals surface area contributed by atoms with E-state index in [-0.39, 0.29) is 28.3 Å². The summed E-state index contributed by atoms with van der Waals surface area (Å²) in [6.45, 7) is 5.96. The number of halogens is 1. The molecule has 0 aliphatic rings. The number of hydrogen-bond acceptors (Lipinski definition) is 5. The Hall–Kier alpha value is -4.51. The van der Waals surface area contributed by atoms with Gasteiger partial charge >= 0.3 is 5.69 Å². The molecule has 0 saturated heterocycles. The number of aromatic amines is 2. The van der Waals surface area contributed by atoms with Crippen LogP contribution in [0.4, 0.5) is 10.1 Å². The number of nitrogens with zero attached hydrogens (tertiary/aromatic N) is 2. The zero-order chi connectivity index (χ0) is 30.0. The molecule has 0 fully saturated rings. The Morgan fingerprint density at radius 2 is 1.74 bits per heavy atom. The Balaban J connectivity index is 1.55. The van der Waals surface area contributed by atoms with Gasteiger partial charge in [-0.15, -0.1) is 0 Å². The Kier molecular flexibility index (Phi) is 8.13. The number of aryl methyl sites for hydroxylation is 3. The van der Waals surface area contributed by atoms with Crippen molar-refractivity contribution in [2.75, 3.05) is 4.72 Å². The topological polar surface area (TPSA) is 130 Å². The standard InChI is InChI=1S/C31H32FN5O4S/c1-4-5-16-37-29-27(30(38)35-31(37)39)33-28(34-29)24(18-22-8-6-7-9-25(22)32)21-12-14-23(15-13-21)36-42(40,41)26-17-19(2)10-11-20(26)3/h6-15,17,24,36H,4-5,16,18H2,1-3H3,(H,33,34)(H,35,38,39). The van der Waals surface area contributed by atoms with Crippen molar-refractivity contribution >= 4 is 26.9 Å². The summed E-state index contributed by atoms with van der Waals surface area (Å²) in [5.41, 5.74) is 2.27. The van der Waals surface area contributed by atoms with Gasteiger partial charge in [-0.2, -0.15) is 0 Å². The quantitative estimate of drug-likeness (QED) is 0.208. The first-order chi connectivity index (χ1) is 20.1. The average Bonchev–Trinajstić information content (AvgIpc) is 3.40. The smallest absolute Gasteiger partial charge is 0.330 e. The average molecular weight is 590 g/mol. The lowest BCUT2D eigenvalue weighted by atomic mass is 9.91. The van der Waals surface area contributed by atoms with Gasteiger partial charge < -0.3 is 4.98 Å². The van der Waals surface area contributed by atoms with Crippen molar-refractivity contribution in [2.45, 2.75) is 57.4 Å². The third-order valence-corrected chi connectivity index (χ3v) is 8.82. The van der Waals surface area contributed by atoms with E-state index in [1.807, 2.05) is 19.9 Å². The van der Waals surface area contributed by atoms with Gasteiger partial charge in [-0.3, -0.25) is 19.1 Å². The third kappa shape index (κ3) is 5.91. The number of rotatable bonds is 10. The summed E-state index contributed by atoms with van der Waals surface area (Å²) in [5, 5.41) is 0. The highest BCUT2D eigenvalue weighted by atomic mass is 32.2. The number of imidazole rings is 1. The van der Waals surface area contributed by atoms with Crippen LogP contribution >= 0.6 is 0 Å². The SMILES string of the molecule is CCCCn1c(=O)[nH]c(=O)c2[nH]c(C(Cc3ccccc3F)c3ccc(NS(=O)(=O)c4cc(C)ccc4C)cc3)nc21. The molecule has 0 saturated carbocycles. The molecular weight excluding hydrogens is 557 g/mol. The van der Waals surface area contributed by atoms with Gasteiger partial charge in [-0.1, -0.05) is 55.8 Å². The zero-order valence-corrected chi connectivity index (χ0v) is 24.4. The van der Waals surface area contributed by atoms with Gasteiger partial charge in [0, 0.05) is 18.2 Å². The first-order valence-corrected chi connectivity index (χ1v) is 15.2. The number of fused-ring (bicyclic) bond motifs is 1. The molecule has 218 valence electrons. The summed E-state index contributed by atoms with van der Waals surface area (Å²) in [5.74, 6) is -0.527. The lowest BCUT2D eigenvalue weighted by Gasteiger charge is -2.17. The molecule has 0 radical (unpaired) electrons. The van der Waals surface area contributed by atoms with E-state index < -0.39 is 27.2 Å². The van der Waals surface area contributed by atoms with Crippen molar-refractivity contribution in [1.29, 1.82) is 0 Å². The van der Waals surface area contributed by atoms with Crippen LogP contribution in [-0.4, -0.2) is 27.9 Å². The molecule has 3 aromatic carbocycles. The van der Waals surface area contributed by atoms with E-state index in [0.717, 1.165) is 18.4 Å². The first-order valence-electron chi connectivity index (χ1n) is 13.7. The number of unbranched alkanes of at least 4 members (excludes halogenated alkanes) is 1. The van der Waals surface area contributed by atoms with Crippen LogP contribution in [0.2, 0.25) is 0 Å². The molecule has 0 spiro atoms. The van der Waals surface area contributed by atoms with Crippen LogP contribution in [-0.2, 0) is 23.0 Å². The number of aromatic nitrogens is 4. The monoisotopic (exact) mass is 589 g/mol. The molecule has 5 aromatic rings. The Bertz CT molecular complexity index is 1980. The molecule has 2 aromatic heterocycles. The van der Waals surface area contributed by atoms with Crippen LogP contribution in [0, 0.1) is 19.7 Å². The molecule has 42 heavy (non-hydrogen) atoms. The summed E-state index contributed by atoms with van der Waals surface area (Å²) in [6.07, 6.45) is 1.78. The highest BCUT2D eigenvalue weighted by Gasteiger charge is 2.24. The number of hydrogen-bond donors (Lipinski definition) is 3. The molecule has 5 rings (SSSR count). The van der Waals surface area contributed by atoms with E-state index in [4.69, 9.17) is 0 Å². The Labute approximate surface area is 242 Å². The maximum Gasteiger partial charge on any atom is 0.330 e. The van der Waals surface area contributed by atoms with E-state index in [1.165, 1.54) is 10.6 Å². The van der Waals surface area contributed by atoms with E-state index in [2.05, 4.69) is 19.7 Å². The van der Waals surface area contributed by atoms with Crippen LogP contribution in [0.3, 0.4) is 0 Å². The van der Waals surface area contributed by atoms with Crippen LogP contribution in [0.5, 0.6) is 0 Å².